The third kappa shape index (κ3) is 6.47. The highest BCUT2D eigenvalue weighted by Gasteiger charge is 2.55. The third-order valence-electron chi connectivity index (χ3n) is 5.29. The van der Waals surface area contributed by atoms with Gasteiger partial charge in [0.25, 0.3) is 0 Å². The predicted molar refractivity (Wildman–Crippen MR) is 105 cm³/mol. The van der Waals surface area contributed by atoms with E-state index in [-0.39, 0.29) is 0 Å². The van der Waals surface area contributed by atoms with E-state index in [0.717, 1.165) is 77.0 Å². The third-order valence-corrected chi connectivity index (χ3v) is 7.74. The van der Waals surface area contributed by atoms with E-state index < -0.39 is 27.7 Å². The maximum atomic E-state index is 12.4. The fourth-order valence-electron chi connectivity index (χ4n) is 3.83. The zero-order valence-electron chi connectivity index (χ0n) is 16.5. The minimum Gasteiger partial charge on any atom is -0.301 e. The van der Waals surface area contributed by atoms with Crippen LogP contribution >= 0.6 is 16.5 Å². The van der Waals surface area contributed by atoms with Gasteiger partial charge in [0.1, 0.15) is 11.2 Å². The molecule has 5 nitrogen and oxygen atoms in total. The normalized spacial score (nSPS) is 25.6. The van der Waals surface area contributed by atoms with Gasteiger partial charge in [0.05, 0.1) is 0 Å². The summed E-state index contributed by atoms with van der Waals surface area (Å²) >= 11 is 0. The zero-order chi connectivity index (χ0) is 18.8. The fraction of sp³-hybridized carbons (Fsp3) is 1.00. The molecule has 0 aliphatic carbocycles. The molecule has 0 amide bonds. The molecule has 25 heavy (non-hydrogen) atoms. The van der Waals surface area contributed by atoms with Crippen molar-refractivity contribution in [2.45, 2.75) is 116 Å². The van der Waals surface area contributed by atoms with E-state index >= 15 is 0 Å². The molecule has 0 aromatic rings. The van der Waals surface area contributed by atoms with Crippen LogP contribution in [0.3, 0.4) is 0 Å². The summed E-state index contributed by atoms with van der Waals surface area (Å²) in [5.41, 5.74) is -1.31. The molecule has 150 valence electrons. The second kappa shape index (κ2) is 11.9. The van der Waals surface area contributed by atoms with Crippen LogP contribution in [0.4, 0.5) is 0 Å². The van der Waals surface area contributed by atoms with Gasteiger partial charge in [-0.1, -0.05) is 79.1 Å². The molecule has 1 aliphatic heterocycles. The summed E-state index contributed by atoms with van der Waals surface area (Å²) in [5.74, 6) is 0. The maximum Gasteiger partial charge on any atom is 0.326 e. The van der Waals surface area contributed by atoms with E-state index in [1.165, 1.54) is 0 Å². The summed E-state index contributed by atoms with van der Waals surface area (Å²) in [6.45, 7) is 8.58. The molecule has 0 bridgehead atoms. The Balaban J connectivity index is 3.36. The quantitative estimate of drug-likeness (QED) is 0.330. The van der Waals surface area contributed by atoms with Gasteiger partial charge >= 0.3 is 16.5 Å². The van der Waals surface area contributed by atoms with E-state index in [0.29, 0.717) is 0 Å². The molecule has 2 atom stereocenters. The smallest absolute Gasteiger partial charge is 0.301 e. The molecule has 0 saturated carbocycles. The highest BCUT2D eigenvalue weighted by molar-refractivity contribution is 7.47. The number of hydrogen-bond donors (Lipinski definition) is 0. The molecule has 1 aliphatic rings. The summed E-state index contributed by atoms with van der Waals surface area (Å²) in [6, 6.07) is 0. The monoisotopic (exact) mass is 396 g/mol. The first-order valence-corrected chi connectivity index (χ1v) is 12.6. The molecule has 7 heteroatoms. The van der Waals surface area contributed by atoms with E-state index in [9.17, 15) is 9.13 Å². The highest BCUT2D eigenvalue weighted by atomic mass is 31.2. The predicted octanol–water partition coefficient (Wildman–Crippen LogP) is 7.07. The first-order valence-electron chi connectivity index (χ1n) is 10.1. The Hall–Kier alpha value is 0.340. The Morgan fingerprint density at radius 2 is 0.880 bits per heavy atom. The lowest BCUT2D eigenvalue weighted by Crippen LogP contribution is -2.55. The van der Waals surface area contributed by atoms with Crippen molar-refractivity contribution in [1.82, 2.24) is 0 Å². The van der Waals surface area contributed by atoms with Crippen molar-refractivity contribution in [1.29, 1.82) is 0 Å². The number of hydrogen-bond acceptors (Lipinski definition) is 5. The van der Waals surface area contributed by atoms with Crippen LogP contribution in [0.1, 0.15) is 105 Å². The lowest BCUT2D eigenvalue weighted by Gasteiger charge is -2.48. The Labute approximate surface area is 155 Å². The van der Waals surface area contributed by atoms with Crippen LogP contribution in [-0.4, -0.2) is 11.2 Å². The van der Waals surface area contributed by atoms with Crippen LogP contribution in [0.2, 0.25) is 0 Å². The minimum atomic E-state index is -2.80. The SMILES string of the molecule is CCCCC1(CCCC)O[PH](=O)O[PH](=O)OC1(CCCC)CCCC. The van der Waals surface area contributed by atoms with Crippen molar-refractivity contribution in [3.05, 3.63) is 0 Å². The summed E-state index contributed by atoms with van der Waals surface area (Å²) < 4.78 is 42.0. The lowest BCUT2D eigenvalue weighted by atomic mass is 9.71. The van der Waals surface area contributed by atoms with Crippen molar-refractivity contribution in [3.63, 3.8) is 0 Å². The minimum absolute atomic E-state index is 0.657. The van der Waals surface area contributed by atoms with Gasteiger partial charge in [0.2, 0.25) is 0 Å². The van der Waals surface area contributed by atoms with Gasteiger partial charge in [0, 0.05) is 0 Å². The number of unbranched alkanes of at least 4 members (excludes halogenated alkanes) is 4. The van der Waals surface area contributed by atoms with Crippen LogP contribution in [0.5, 0.6) is 0 Å². The fourth-order valence-corrected chi connectivity index (χ4v) is 6.13. The van der Waals surface area contributed by atoms with Gasteiger partial charge in [-0.3, -0.25) is 9.13 Å². The zero-order valence-corrected chi connectivity index (χ0v) is 18.5. The molecule has 0 radical (unpaired) electrons. The van der Waals surface area contributed by atoms with E-state index in [4.69, 9.17) is 13.4 Å². The van der Waals surface area contributed by atoms with Crippen molar-refractivity contribution in [2.75, 3.05) is 0 Å². The molecular weight excluding hydrogens is 358 g/mol. The Bertz CT molecular complexity index is 374. The average molecular weight is 396 g/mol. The summed E-state index contributed by atoms with van der Waals surface area (Å²) in [7, 11) is -5.61. The maximum absolute atomic E-state index is 12.4. The van der Waals surface area contributed by atoms with Gasteiger partial charge < -0.3 is 9.05 Å². The second-order valence-electron chi connectivity index (χ2n) is 7.21. The molecule has 1 heterocycles. The van der Waals surface area contributed by atoms with Crippen molar-refractivity contribution in [2.24, 2.45) is 0 Å². The first-order chi connectivity index (χ1) is 12.0. The highest BCUT2D eigenvalue weighted by Crippen LogP contribution is 2.59. The molecule has 1 fully saturated rings. The van der Waals surface area contributed by atoms with Crippen LogP contribution in [0.25, 0.3) is 0 Å². The Morgan fingerprint density at radius 3 is 1.12 bits per heavy atom. The van der Waals surface area contributed by atoms with E-state index in [1.54, 1.807) is 0 Å². The summed E-state index contributed by atoms with van der Waals surface area (Å²) in [6.07, 6.45) is 11.2. The van der Waals surface area contributed by atoms with Gasteiger partial charge in [-0.05, 0) is 25.7 Å². The Kier molecular flexibility index (Phi) is 11.2. The van der Waals surface area contributed by atoms with Crippen molar-refractivity contribution >= 4 is 16.5 Å². The van der Waals surface area contributed by atoms with Crippen LogP contribution in [0, 0.1) is 0 Å². The van der Waals surface area contributed by atoms with Crippen LogP contribution in [-0.2, 0) is 22.5 Å². The van der Waals surface area contributed by atoms with Crippen molar-refractivity contribution < 1.29 is 22.5 Å². The molecule has 0 spiro atoms. The first kappa shape index (κ1) is 23.4. The summed E-state index contributed by atoms with van der Waals surface area (Å²) in [5, 5.41) is 0. The molecule has 1 saturated heterocycles. The molecule has 0 N–H and O–H groups in total. The molecular formula is C18H38O5P2. The van der Waals surface area contributed by atoms with Crippen LogP contribution < -0.4 is 0 Å². The summed E-state index contributed by atoms with van der Waals surface area (Å²) in [4.78, 5) is 0. The van der Waals surface area contributed by atoms with Gasteiger partial charge in [-0.25, -0.2) is 4.31 Å². The topological polar surface area (TPSA) is 61.8 Å². The second-order valence-corrected chi connectivity index (χ2v) is 9.43. The lowest BCUT2D eigenvalue weighted by molar-refractivity contribution is -0.129. The number of rotatable bonds is 12. The largest absolute Gasteiger partial charge is 0.326 e. The van der Waals surface area contributed by atoms with Gasteiger partial charge in [-0.2, -0.15) is 0 Å². The molecule has 0 aromatic heterocycles. The van der Waals surface area contributed by atoms with Gasteiger partial charge in [0.15, 0.2) is 0 Å². The molecule has 1 rings (SSSR count). The molecule has 2 unspecified atom stereocenters. The van der Waals surface area contributed by atoms with Crippen molar-refractivity contribution in [3.8, 4) is 0 Å². The Morgan fingerprint density at radius 1 is 0.600 bits per heavy atom. The average Bonchev–Trinajstić information content (AvgIpc) is 2.69. The van der Waals surface area contributed by atoms with E-state index in [2.05, 4.69) is 27.7 Å². The molecule has 0 aromatic carbocycles. The van der Waals surface area contributed by atoms with E-state index in [1.807, 2.05) is 0 Å². The van der Waals surface area contributed by atoms with Crippen LogP contribution in [0.15, 0.2) is 0 Å². The van der Waals surface area contributed by atoms with Gasteiger partial charge in [-0.15, -0.1) is 0 Å². The standard InChI is InChI=1S/C18H38O5P2/c1-5-9-13-17(14-10-6-2)18(15-11-7-3,16-12-8-4)22-25(20)23-24(19)21-17/h24-25H,5-16H2,1-4H3.